The second-order valence-corrected chi connectivity index (χ2v) is 13.9. The maximum absolute atomic E-state index is 11.5. The van der Waals surface area contributed by atoms with Crippen molar-refractivity contribution in [2.45, 2.75) is 97.4 Å². The number of hydrogen-bond acceptors (Lipinski definition) is 5. The van der Waals surface area contributed by atoms with Crippen molar-refractivity contribution < 1.29 is 25.5 Å². The number of aliphatic hydroxyl groups excluding tert-OH is 5. The zero-order valence-corrected chi connectivity index (χ0v) is 21.0. The molecular weight excluding hydrogens is 416 g/mol. The Labute approximate surface area is 199 Å². The fraction of sp³-hybridized carbons (Fsp3) is 0.929. The second-order valence-electron chi connectivity index (χ2n) is 13.9. The summed E-state index contributed by atoms with van der Waals surface area (Å²) < 4.78 is 0. The number of rotatable bonds is 2. The SMILES string of the molecule is CC1(C)CC[C@@]2(C)C(C1)C1=CCC3C4C[C@H](O)[C@H](O)C(CO)(CO)C4CCC3[C@]1(C)C[C@H]2O. The third-order valence-corrected chi connectivity index (χ3v) is 11.9. The number of hydrogen-bond donors (Lipinski definition) is 5. The van der Waals surface area contributed by atoms with E-state index in [0.29, 0.717) is 29.6 Å². The lowest BCUT2D eigenvalue weighted by Gasteiger charge is -2.65. The molecule has 0 aromatic rings. The molecule has 4 fully saturated rings. The van der Waals surface area contributed by atoms with E-state index in [1.54, 1.807) is 5.57 Å². The number of fused-ring (bicyclic) bond motifs is 7. The first kappa shape index (κ1) is 24.2. The summed E-state index contributed by atoms with van der Waals surface area (Å²) in [6.07, 6.45) is 7.72. The summed E-state index contributed by atoms with van der Waals surface area (Å²) in [5.74, 6) is 1.38. The van der Waals surface area contributed by atoms with Crippen LogP contribution in [-0.2, 0) is 0 Å². The fourth-order valence-electron chi connectivity index (χ4n) is 9.74. The van der Waals surface area contributed by atoms with E-state index in [1.165, 1.54) is 6.42 Å². The summed E-state index contributed by atoms with van der Waals surface area (Å²) in [5.41, 5.74) is 0.750. The molecule has 10 atom stereocenters. The van der Waals surface area contributed by atoms with Crippen LogP contribution in [0.4, 0.5) is 0 Å². The third-order valence-electron chi connectivity index (χ3n) is 11.9. The molecule has 0 spiro atoms. The van der Waals surface area contributed by atoms with Crippen molar-refractivity contribution in [2.24, 2.45) is 51.2 Å². The van der Waals surface area contributed by atoms with Crippen LogP contribution in [0.1, 0.15) is 79.1 Å². The van der Waals surface area contributed by atoms with Crippen molar-refractivity contribution in [1.29, 1.82) is 0 Å². The van der Waals surface area contributed by atoms with Crippen molar-refractivity contribution in [3.05, 3.63) is 11.6 Å². The quantitative estimate of drug-likeness (QED) is 0.406. The lowest BCUT2D eigenvalue weighted by atomic mass is 9.40. The molecule has 5 heteroatoms. The molecule has 0 heterocycles. The molecule has 5 rings (SSSR count). The summed E-state index contributed by atoms with van der Waals surface area (Å²) in [7, 11) is 0. The first-order valence-electron chi connectivity index (χ1n) is 13.4. The molecule has 5 aliphatic carbocycles. The van der Waals surface area contributed by atoms with Crippen LogP contribution in [0.5, 0.6) is 0 Å². The normalized spacial score (nSPS) is 52.6. The van der Waals surface area contributed by atoms with E-state index in [4.69, 9.17) is 0 Å². The highest BCUT2D eigenvalue weighted by molar-refractivity contribution is 5.31. The molecule has 33 heavy (non-hydrogen) atoms. The van der Waals surface area contributed by atoms with Gasteiger partial charge in [-0.3, -0.25) is 0 Å². The zero-order valence-electron chi connectivity index (χ0n) is 21.0. The van der Waals surface area contributed by atoms with Crippen LogP contribution < -0.4 is 0 Å². The molecular formula is C28H46O5. The van der Waals surface area contributed by atoms with Gasteiger partial charge in [0.25, 0.3) is 0 Å². The summed E-state index contributed by atoms with van der Waals surface area (Å²) >= 11 is 0. The molecule has 0 aromatic heterocycles. The van der Waals surface area contributed by atoms with E-state index in [0.717, 1.165) is 38.5 Å². The highest BCUT2D eigenvalue weighted by Crippen LogP contribution is 2.69. The van der Waals surface area contributed by atoms with Gasteiger partial charge < -0.3 is 25.5 Å². The van der Waals surface area contributed by atoms with E-state index in [1.807, 2.05) is 0 Å². The summed E-state index contributed by atoms with van der Waals surface area (Å²) in [5, 5.41) is 53.6. The average molecular weight is 463 g/mol. The Bertz CT molecular complexity index is 802. The molecule has 0 bridgehead atoms. The second kappa shape index (κ2) is 7.77. The van der Waals surface area contributed by atoms with Gasteiger partial charge in [0.05, 0.1) is 31.5 Å². The fourth-order valence-corrected chi connectivity index (χ4v) is 9.74. The molecule has 0 saturated heterocycles. The van der Waals surface area contributed by atoms with Gasteiger partial charge in [-0.25, -0.2) is 0 Å². The third kappa shape index (κ3) is 3.21. The monoisotopic (exact) mass is 462 g/mol. The van der Waals surface area contributed by atoms with Crippen molar-refractivity contribution in [3.63, 3.8) is 0 Å². The first-order valence-corrected chi connectivity index (χ1v) is 13.4. The van der Waals surface area contributed by atoms with E-state index >= 15 is 0 Å². The van der Waals surface area contributed by atoms with Gasteiger partial charge in [-0.15, -0.1) is 0 Å². The van der Waals surface area contributed by atoms with Crippen LogP contribution in [0, 0.1) is 51.2 Å². The van der Waals surface area contributed by atoms with Crippen LogP contribution in [0.25, 0.3) is 0 Å². The molecule has 5 unspecified atom stereocenters. The lowest BCUT2D eigenvalue weighted by Crippen LogP contribution is -2.64. The maximum atomic E-state index is 11.5. The van der Waals surface area contributed by atoms with E-state index in [9.17, 15) is 25.5 Å². The Kier molecular flexibility index (Phi) is 5.71. The van der Waals surface area contributed by atoms with E-state index in [-0.39, 0.29) is 42.0 Å². The largest absolute Gasteiger partial charge is 0.396 e. The van der Waals surface area contributed by atoms with Gasteiger partial charge in [0, 0.05) is 10.8 Å². The van der Waals surface area contributed by atoms with Gasteiger partial charge >= 0.3 is 0 Å². The molecule has 0 aliphatic heterocycles. The van der Waals surface area contributed by atoms with E-state index in [2.05, 4.69) is 33.8 Å². The maximum Gasteiger partial charge on any atom is 0.0902 e. The van der Waals surface area contributed by atoms with Gasteiger partial charge in [-0.2, -0.15) is 0 Å². The lowest BCUT2D eigenvalue weighted by molar-refractivity contribution is -0.211. The van der Waals surface area contributed by atoms with Gasteiger partial charge in [-0.1, -0.05) is 39.3 Å². The van der Waals surface area contributed by atoms with Crippen molar-refractivity contribution in [1.82, 2.24) is 0 Å². The summed E-state index contributed by atoms with van der Waals surface area (Å²) in [4.78, 5) is 0. The van der Waals surface area contributed by atoms with Crippen molar-refractivity contribution >= 4 is 0 Å². The molecule has 0 aromatic carbocycles. The molecule has 4 saturated carbocycles. The summed E-state index contributed by atoms with van der Waals surface area (Å²) in [6.45, 7) is 8.86. The Hall–Kier alpha value is -0.460. The van der Waals surface area contributed by atoms with Crippen LogP contribution in [0.15, 0.2) is 11.6 Å². The predicted molar refractivity (Wildman–Crippen MR) is 127 cm³/mol. The topological polar surface area (TPSA) is 101 Å². The van der Waals surface area contributed by atoms with Gasteiger partial charge in [0.1, 0.15) is 0 Å². The standard InChI is InChI=1S/C28H46O5/c1-25(2)9-10-26(3)21(12-25)20-6-5-16-17-11-22(31)24(33)28(14-29,15-30)19(17)8-7-18(16)27(20,4)13-23(26)32/h6,16-19,21-24,29-33H,5,7-15H2,1-4H3/t16?,17?,18?,19?,21?,22-,23+,24-,26-,27-/m0/s1. The van der Waals surface area contributed by atoms with Crippen LogP contribution in [0.3, 0.4) is 0 Å². The van der Waals surface area contributed by atoms with Crippen LogP contribution >= 0.6 is 0 Å². The highest BCUT2D eigenvalue weighted by atomic mass is 16.3. The molecule has 188 valence electrons. The van der Waals surface area contributed by atoms with Crippen LogP contribution in [-0.4, -0.2) is 57.1 Å². The minimum atomic E-state index is -1.09. The molecule has 0 radical (unpaired) electrons. The minimum absolute atomic E-state index is 0.0121. The molecule has 5 aliphatic rings. The van der Waals surface area contributed by atoms with Crippen molar-refractivity contribution in [3.8, 4) is 0 Å². The first-order chi connectivity index (χ1) is 15.4. The Morgan fingerprint density at radius 1 is 0.879 bits per heavy atom. The number of aliphatic hydroxyl groups is 5. The van der Waals surface area contributed by atoms with Crippen LogP contribution in [0.2, 0.25) is 0 Å². The van der Waals surface area contributed by atoms with E-state index < -0.39 is 17.6 Å². The molecule has 5 N–H and O–H groups in total. The zero-order chi connectivity index (χ0) is 24.0. The van der Waals surface area contributed by atoms with Gasteiger partial charge in [0.2, 0.25) is 0 Å². The Morgan fingerprint density at radius 2 is 1.55 bits per heavy atom. The highest BCUT2D eigenvalue weighted by Gasteiger charge is 2.64. The van der Waals surface area contributed by atoms with Gasteiger partial charge in [0.15, 0.2) is 0 Å². The number of allylic oxidation sites excluding steroid dienone is 2. The molecule has 5 nitrogen and oxygen atoms in total. The Morgan fingerprint density at radius 3 is 2.21 bits per heavy atom. The predicted octanol–water partition coefficient (Wildman–Crippen LogP) is 3.28. The Balaban J connectivity index is 1.52. The molecule has 0 amide bonds. The average Bonchev–Trinajstić information content (AvgIpc) is 2.76. The van der Waals surface area contributed by atoms with Crippen molar-refractivity contribution in [2.75, 3.05) is 13.2 Å². The summed E-state index contributed by atoms with van der Waals surface area (Å²) in [6, 6.07) is 0. The smallest absolute Gasteiger partial charge is 0.0902 e. The van der Waals surface area contributed by atoms with Gasteiger partial charge in [-0.05, 0) is 91.8 Å². The minimum Gasteiger partial charge on any atom is -0.396 e.